The lowest BCUT2D eigenvalue weighted by atomic mass is 10.2. The number of hydrogen-bond donors (Lipinski definition) is 1. The van der Waals surface area contributed by atoms with E-state index in [2.05, 4.69) is 62.7 Å². The molecule has 0 bridgehead atoms. The summed E-state index contributed by atoms with van der Waals surface area (Å²) in [5, 5.41) is 2.13. The number of hydrogen-bond acceptors (Lipinski definition) is 2. The first-order valence-corrected chi connectivity index (χ1v) is 6.85. The molecule has 1 aromatic carbocycles. The first-order chi connectivity index (χ1) is 6.20. The molecule has 0 N–H and O–H groups in total. The van der Waals surface area contributed by atoms with E-state index in [0.717, 1.165) is 14.0 Å². The lowest BCUT2D eigenvalue weighted by Crippen LogP contribution is -1.78. The average molecular weight is 338 g/mol. The van der Waals surface area contributed by atoms with Crippen molar-refractivity contribution in [2.45, 2.75) is 9.54 Å². The molecule has 1 heterocycles. The summed E-state index contributed by atoms with van der Waals surface area (Å²) in [5.74, 6) is 0. The van der Waals surface area contributed by atoms with Crippen LogP contribution in [0, 0.1) is 0 Å². The molecule has 0 aliphatic carbocycles. The Balaban J connectivity index is 2.72. The Morgan fingerprint density at radius 3 is 2.77 bits per heavy atom. The maximum Gasteiger partial charge on any atom is 0.0580 e. The van der Waals surface area contributed by atoms with E-state index >= 15 is 0 Å². The van der Waals surface area contributed by atoms with Gasteiger partial charge in [-0.15, -0.1) is 24.0 Å². The van der Waals surface area contributed by atoms with Gasteiger partial charge >= 0.3 is 0 Å². The topological polar surface area (TPSA) is 0 Å². The second kappa shape index (κ2) is 3.93. The van der Waals surface area contributed by atoms with Gasteiger partial charge in [-0.2, -0.15) is 0 Å². The third-order valence-corrected chi connectivity index (χ3v) is 4.46. The molecular formula is C9H6Br2S2. The van der Waals surface area contributed by atoms with E-state index in [0.29, 0.717) is 0 Å². The minimum atomic E-state index is 0.878. The van der Waals surface area contributed by atoms with Gasteiger partial charge in [-0.25, -0.2) is 0 Å². The summed E-state index contributed by atoms with van der Waals surface area (Å²) in [6, 6.07) is 6.42. The molecule has 1 aromatic heterocycles. The summed E-state index contributed by atoms with van der Waals surface area (Å²) in [6.07, 6.45) is 0. The normalized spacial score (nSPS) is 11.0. The number of rotatable bonds is 1. The highest BCUT2D eigenvalue weighted by molar-refractivity contribution is 9.10. The van der Waals surface area contributed by atoms with E-state index < -0.39 is 0 Å². The van der Waals surface area contributed by atoms with Crippen LogP contribution in [0.4, 0.5) is 0 Å². The summed E-state index contributed by atoms with van der Waals surface area (Å²) in [5.41, 5.74) is 1.28. The monoisotopic (exact) mass is 336 g/mol. The van der Waals surface area contributed by atoms with Crippen LogP contribution >= 0.6 is 55.8 Å². The molecule has 0 aliphatic rings. The molecule has 0 saturated heterocycles. The molecule has 0 amide bonds. The molecule has 4 heteroatoms. The second-order valence-electron chi connectivity index (χ2n) is 2.70. The molecule has 0 radical (unpaired) electrons. The molecule has 0 aliphatic heterocycles. The number of fused-ring (bicyclic) bond motifs is 1. The minimum Gasteiger partial charge on any atom is -0.133 e. The zero-order chi connectivity index (χ0) is 9.42. The zero-order valence-corrected chi connectivity index (χ0v) is 11.4. The van der Waals surface area contributed by atoms with Crippen LogP contribution in [-0.4, -0.2) is 0 Å². The van der Waals surface area contributed by atoms with Crippen LogP contribution in [0.1, 0.15) is 5.56 Å². The van der Waals surface area contributed by atoms with Crippen molar-refractivity contribution in [2.24, 2.45) is 0 Å². The standard InChI is InChI=1S/C9H6Br2S2/c10-4-6-2-8-5(1-7(6)11)3-9(12)13-8/h1-3,12H,4H2. The van der Waals surface area contributed by atoms with Crippen molar-refractivity contribution >= 4 is 65.9 Å². The van der Waals surface area contributed by atoms with E-state index in [-0.39, 0.29) is 0 Å². The van der Waals surface area contributed by atoms with Crippen molar-refractivity contribution < 1.29 is 0 Å². The Morgan fingerprint density at radius 1 is 1.31 bits per heavy atom. The average Bonchev–Trinajstić information content (AvgIpc) is 2.42. The smallest absolute Gasteiger partial charge is 0.0580 e. The van der Waals surface area contributed by atoms with E-state index in [4.69, 9.17) is 0 Å². The van der Waals surface area contributed by atoms with Crippen molar-refractivity contribution in [1.29, 1.82) is 0 Å². The number of halogens is 2. The summed E-state index contributed by atoms with van der Waals surface area (Å²) >= 11 is 13.0. The Hall–Kier alpha value is 0.490. The number of thiol groups is 1. The maximum atomic E-state index is 4.33. The SMILES string of the molecule is Sc1cc2cc(Br)c(CBr)cc2s1. The van der Waals surface area contributed by atoms with Gasteiger partial charge in [-0.05, 0) is 29.1 Å². The van der Waals surface area contributed by atoms with Crippen LogP contribution in [0.2, 0.25) is 0 Å². The van der Waals surface area contributed by atoms with Gasteiger partial charge in [0.15, 0.2) is 0 Å². The molecule has 2 rings (SSSR count). The fraction of sp³-hybridized carbons (Fsp3) is 0.111. The summed E-state index contributed by atoms with van der Waals surface area (Å²) in [6.45, 7) is 0. The number of thiophene rings is 1. The summed E-state index contributed by atoms with van der Waals surface area (Å²) in [4.78, 5) is 0. The third kappa shape index (κ3) is 1.96. The molecule has 13 heavy (non-hydrogen) atoms. The Labute approximate surface area is 103 Å². The van der Waals surface area contributed by atoms with Gasteiger partial charge < -0.3 is 0 Å². The molecule has 0 unspecified atom stereocenters. The highest BCUT2D eigenvalue weighted by Crippen LogP contribution is 2.33. The van der Waals surface area contributed by atoms with Crippen LogP contribution in [-0.2, 0) is 5.33 Å². The molecule has 0 nitrogen and oxygen atoms in total. The van der Waals surface area contributed by atoms with E-state index in [9.17, 15) is 0 Å². The molecule has 0 saturated carbocycles. The van der Waals surface area contributed by atoms with Gasteiger partial charge in [0.05, 0.1) is 4.21 Å². The third-order valence-electron chi connectivity index (χ3n) is 1.82. The van der Waals surface area contributed by atoms with Crippen LogP contribution in [0.25, 0.3) is 10.1 Å². The second-order valence-corrected chi connectivity index (χ2v) is 5.98. The van der Waals surface area contributed by atoms with Crippen LogP contribution in [0.15, 0.2) is 26.9 Å². The molecule has 2 aromatic rings. The quantitative estimate of drug-likeness (QED) is 0.558. The van der Waals surface area contributed by atoms with Gasteiger partial charge in [0.2, 0.25) is 0 Å². The molecule has 0 spiro atoms. The summed E-state index contributed by atoms with van der Waals surface area (Å²) in [7, 11) is 0. The van der Waals surface area contributed by atoms with Crippen LogP contribution in [0.5, 0.6) is 0 Å². The fourth-order valence-electron chi connectivity index (χ4n) is 1.19. The Morgan fingerprint density at radius 2 is 2.08 bits per heavy atom. The summed E-state index contributed by atoms with van der Waals surface area (Å²) < 4.78 is 3.51. The first-order valence-electron chi connectivity index (χ1n) is 3.67. The predicted molar refractivity (Wildman–Crippen MR) is 69.4 cm³/mol. The van der Waals surface area contributed by atoms with Crippen molar-refractivity contribution in [1.82, 2.24) is 0 Å². The Kier molecular flexibility index (Phi) is 3.03. The maximum absolute atomic E-state index is 4.33. The zero-order valence-electron chi connectivity index (χ0n) is 6.55. The largest absolute Gasteiger partial charge is 0.133 e. The van der Waals surface area contributed by atoms with E-state index in [1.54, 1.807) is 11.3 Å². The lowest BCUT2D eigenvalue weighted by molar-refractivity contribution is 1.43. The number of alkyl halides is 1. The van der Waals surface area contributed by atoms with Crippen LogP contribution < -0.4 is 0 Å². The van der Waals surface area contributed by atoms with Crippen molar-refractivity contribution in [3.8, 4) is 0 Å². The Bertz CT molecular complexity index is 448. The lowest BCUT2D eigenvalue weighted by Gasteiger charge is -1.99. The van der Waals surface area contributed by atoms with Gasteiger partial charge in [-0.1, -0.05) is 31.9 Å². The molecule has 68 valence electrons. The van der Waals surface area contributed by atoms with E-state index in [1.165, 1.54) is 15.6 Å². The van der Waals surface area contributed by atoms with Gasteiger partial charge in [0, 0.05) is 14.5 Å². The van der Waals surface area contributed by atoms with Gasteiger partial charge in [-0.3, -0.25) is 0 Å². The van der Waals surface area contributed by atoms with Crippen molar-refractivity contribution in [2.75, 3.05) is 0 Å². The first kappa shape index (κ1) is 10.0. The molecule has 0 fully saturated rings. The minimum absolute atomic E-state index is 0.878. The highest BCUT2D eigenvalue weighted by atomic mass is 79.9. The highest BCUT2D eigenvalue weighted by Gasteiger charge is 2.04. The van der Waals surface area contributed by atoms with Crippen molar-refractivity contribution in [3.05, 3.63) is 28.2 Å². The van der Waals surface area contributed by atoms with Gasteiger partial charge in [0.1, 0.15) is 0 Å². The number of benzene rings is 1. The molecule has 0 atom stereocenters. The fourth-order valence-corrected chi connectivity index (χ4v) is 3.81. The predicted octanol–water partition coefficient (Wildman–Crippen LogP) is 4.85. The van der Waals surface area contributed by atoms with Gasteiger partial charge in [0.25, 0.3) is 0 Å². The molecular weight excluding hydrogens is 332 g/mol. The van der Waals surface area contributed by atoms with E-state index in [1.807, 2.05) is 0 Å². The van der Waals surface area contributed by atoms with Crippen LogP contribution in [0.3, 0.4) is 0 Å². The van der Waals surface area contributed by atoms with Crippen molar-refractivity contribution in [3.63, 3.8) is 0 Å².